The van der Waals surface area contributed by atoms with Crippen LogP contribution in [0.4, 0.5) is 11.4 Å². The number of amides is 1. The van der Waals surface area contributed by atoms with Crippen LogP contribution in [0.25, 0.3) is 0 Å². The fourth-order valence-electron chi connectivity index (χ4n) is 2.48. The van der Waals surface area contributed by atoms with Gasteiger partial charge in [-0.15, -0.1) is 0 Å². The molecule has 0 unspecified atom stereocenters. The van der Waals surface area contributed by atoms with E-state index in [1.165, 1.54) is 6.07 Å². The number of carbonyl (C=O) groups excluding carboxylic acids is 1. The number of benzene rings is 1. The van der Waals surface area contributed by atoms with Gasteiger partial charge in [0.1, 0.15) is 5.69 Å². The third-order valence-corrected chi connectivity index (χ3v) is 4.77. The number of thioether (sulfide) groups is 1. The molecule has 0 radical (unpaired) electrons. The summed E-state index contributed by atoms with van der Waals surface area (Å²) in [6.45, 7) is 4.61. The van der Waals surface area contributed by atoms with Gasteiger partial charge in [0, 0.05) is 32.2 Å². The van der Waals surface area contributed by atoms with Crippen LogP contribution in [0.5, 0.6) is 0 Å². The molecule has 22 heavy (non-hydrogen) atoms. The van der Waals surface area contributed by atoms with E-state index in [0.717, 1.165) is 12.2 Å². The molecule has 0 atom stereocenters. The fraction of sp³-hybridized carbons (Fsp3) is 0.533. The summed E-state index contributed by atoms with van der Waals surface area (Å²) in [5.41, 5.74) is 0.765. The van der Waals surface area contributed by atoms with Crippen LogP contribution in [-0.4, -0.2) is 53.4 Å². The number of nitro groups is 1. The Bertz CT molecular complexity index is 531. The second kappa shape index (κ2) is 8.03. The quantitative estimate of drug-likeness (QED) is 0.457. The molecule has 0 saturated carbocycles. The number of carbonyl (C=O) groups is 1. The van der Waals surface area contributed by atoms with E-state index in [1.54, 1.807) is 30.0 Å². The molecule has 1 amide bonds. The highest BCUT2D eigenvalue weighted by Gasteiger charge is 2.25. The summed E-state index contributed by atoms with van der Waals surface area (Å²) < 4.78 is 0. The minimum absolute atomic E-state index is 0.126. The average molecular weight is 323 g/mol. The van der Waals surface area contributed by atoms with Crippen molar-refractivity contribution >= 4 is 29.0 Å². The van der Waals surface area contributed by atoms with Gasteiger partial charge in [-0.3, -0.25) is 14.9 Å². The second-order valence-electron chi connectivity index (χ2n) is 5.17. The molecule has 1 aliphatic rings. The third-order valence-electron chi connectivity index (χ3n) is 3.63. The average Bonchev–Trinajstić information content (AvgIpc) is 2.55. The first-order valence-corrected chi connectivity index (χ1v) is 8.63. The summed E-state index contributed by atoms with van der Waals surface area (Å²) in [4.78, 5) is 26.7. The van der Waals surface area contributed by atoms with Crippen LogP contribution in [0.15, 0.2) is 24.3 Å². The molecule has 0 aliphatic carbocycles. The van der Waals surface area contributed by atoms with E-state index in [0.29, 0.717) is 37.6 Å². The van der Waals surface area contributed by atoms with E-state index in [2.05, 4.69) is 6.92 Å². The Balaban J connectivity index is 1.92. The van der Waals surface area contributed by atoms with Crippen LogP contribution in [0.2, 0.25) is 0 Å². The minimum atomic E-state index is -0.353. The molecule has 1 aromatic rings. The molecular formula is C15H21N3O3S. The van der Waals surface area contributed by atoms with Crippen LogP contribution in [0.1, 0.15) is 13.3 Å². The van der Waals surface area contributed by atoms with E-state index in [4.69, 9.17) is 0 Å². The van der Waals surface area contributed by atoms with E-state index in [-0.39, 0.29) is 16.5 Å². The zero-order valence-corrected chi connectivity index (χ0v) is 13.6. The van der Waals surface area contributed by atoms with Crippen molar-refractivity contribution in [2.75, 3.05) is 42.6 Å². The molecule has 1 saturated heterocycles. The molecule has 1 aromatic carbocycles. The lowest BCUT2D eigenvalue weighted by Gasteiger charge is -2.35. The van der Waals surface area contributed by atoms with Gasteiger partial charge >= 0.3 is 0 Å². The van der Waals surface area contributed by atoms with Crippen LogP contribution < -0.4 is 4.90 Å². The van der Waals surface area contributed by atoms with E-state index < -0.39 is 0 Å². The molecule has 0 N–H and O–H groups in total. The third kappa shape index (κ3) is 4.13. The Kier molecular flexibility index (Phi) is 6.06. The smallest absolute Gasteiger partial charge is 0.292 e. The molecule has 1 heterocycles. The highest BCUT2D eigenvalue weighted by atomic mass is 32.2. The lowest BCUT2D eigenvalue weighted by Crippen LogP contribution is -2.49. The highest BCUT2D eigenvalue weighted by molar-refractivity contribution is 7.99. The molecule has 1 fully saturated rings. The second-order valence-corrected chi connectivity index (χ2v) is 6.27. The van der Waals surface area contributed by atoms with Crippen LogP contribution >= 0.6 is 11.8 Å². The summed E-state index contributed by atoms with van der Waals surface area (Å²) in [6.07, 6.45) is 1.07. The standard InChI is InChI=1S/C15H21N3O3S/c1-2-11-22-12-15(19)17-9-7-16(8-10-17)13-5-3-4-6-14(13)18(20)21/h3-6H,2,7-12H2,1H3. The van der Waals surface area contributed by atoms with Crippen molar-refractivity contribution in [2.24, 2.45) is 0 Å². The first-order valence-electron chi connectivity index (χ1n) is 7.47. The summed E-state index contributed by atoms with van der Waals surface area (Å²) in [7, 11) is 0. The summed E-state index contributed by atoms with van der Waals surface area (Å²) in [5.74, 6) is 1.70. The maximum absolute atomic E-state index is 12.1. The number of nitrogens with zero attached hydrogens (tertiary/aromatic N) is 3. The van der Waals surface area contributed by atoms with Crippen molar-refractivity contribution in [2.45, 2.75) is 13.3 Å². The maximum atomic E-state index is 12.1. The molecule has 0 bridgehead atoms. The SMILES string of the molecule is CCCSCC(=O)N1CCN(c2ccccc2[N+](=O)[O-])CC1. The number of rotatable bonds is 6. The van der Waals surface area contributed by atoms with Crippen LogP contribution in [0.3, 0.4) is 0 Å². The molecule has 0 aromatic heterocycles. The van der Waals surface area contributed by atoms with Gasteiger partial charge in [-0.05, 0) is 18.2 Å². The number of hydrogen-bond acceptors (Lipinski definition) is 5. The van der Waals surface area contributed by atoms with Crippen molar-refractivity contribution in [3.05, 3.63) is 34.4 Å². The van der Waals surface area contributed by atoms with Crippen molar-refractivity contribution in [3.63, 3.8) is 0 Å². The molecule has 7 heteroatoms. The monoisotopic (exact) mass is 323 g/mol. The molecule has 1 aliphatic heterocycles. The van der Waals surface area contributed by atoms with Gasteiger partial charge in [-0.2, -0.15) is 11.8 Å². The summed E-state index contributed by atoms with van der Waals surface area (Å²) in [6, 6.07) is 6.77. The predicted octanol–water partition coefficient (Wildman–Crippen LogP) is 2.39. The minimum Gasteiger partial charge on any atom is -0.362 e. The van der Waals surface area contributed by atoms with Crippen molar-refractivity contribution in [3.8, 4) is 0 Å². The van der Waals surface area contributed by atoms with Gasteiger partial charge in [-0.1, -0.05) is 19.1 Å². The molecule has 120 valence electrons. The molecule has 2 rings (SSSR count). The van der Waals surface area contributed by atoms with Gasteiger partial charge in [0.05, 0.1) is 10.7 Å². The number of anilines is 1. The van der Waals surface area contributed by atoms with Gasteiger partial charge in [0.25, 0.3) is 5.69 Å². The largest absolute Gasteiger partial charge is 0.362 e. The Morgan fingerprint density at radius 2 is 1.95 bits per heavy atom. The first-order chi connectivity index (χ1) is 10.6. The molecular weight excluding hydrogens is 302 g/mol. The van der Waals surface area contributed by atoms with Crippen LogP contribution in [-0.2, 0) is 4.79 Å². The Morgan fingerprint density at radius 1 is 1.27 bits per heavy atom. The lowest BCUT2D eigenvalue weighted by atomic mass is 10.2. The maximum Gasteiger partial charge on any atom is 0.292 e. The van der Waals surface area contributed by atoms with Crippen molar-refractivity contribution < 1.29 is 9.72 Å². The van der Waals surface area contributed by atoms with Crippen molar-refractivity contribution in [1.29, 1.82) is 0 Å². The predicted molar refractivity (Wildman–Crippen MR) is 89.5 cm³/mol. The van der Waals surface area contributed by atoms with E-state index in [9.17, 15) is 14.9 Å². The Hall–Kier alpha value is -1.76. The highest BCUT2D eigenvalue weighted by Crippen LogP contribution is 2.28. The molecule has 0 spiro atoms. The number of hydrogen-bond donors (Lipinski definition) is 0. The van der Waals surface area contributed by atoms with Crippen LogP contribution in [0, 0.1) is 10.1 Å². The molecule has 6 nitrogen and oxygen atoms in total. The Labute approximate surface area is 134 Å². The van der Waals surface area contributed by atoms with Crippen molar-refractivity contribution in [1.82, 2.24) is 4.90 Å². The van der Waals surface area contributed by atoms with E-state index >= 15 is 0 Å². The Morgan fingerprint density at radius 3 is 2.59 bits per heavy atom. The van der Waals surface area contributed by atoms with Gasteiger partial charge in [0.2, 0.25) is 5.91 Å². The van der Waals surface area contributed by atoms with Gasteiger partial charge < -0.3 is 9.80 Å². The normalized spacial score (nSPS) is 15.0. The number of piperazine rings is 1. The summed E-state index contributed by atoms with van der Waals surface area (Å²) >= 11 is 1.66. The number of nitro benzene ring substituents is 1. The van der Waals surface area contributed by atoms with E-state index in [1.807, 2.05) is 9.80 Å². The van der Waals surface area contributed by atoms with Gasteiger partial charge in [-0.25, -0.2) is 0 Å². The van der Waals surface area contributed by atoms with Gasteiger partial charge in [0.15, 0.2) is 0 Å². The zero-order valence-electron chi connectivity index (χ0n) is 12.7. The number of para-hydroxylation sites is 2. The zero-order chi connectivity index (χ0) is 15.9. The first kappa shape index (κ1) is 16.6. The topological polar surface area (TPSA) is 66.7 Å². The lowest BCUT2D eigenvalue weighted by molar-refractivity contribution is -0.384. The summed E-state index contributed by atoms with van der Waals surface area (Å²) in [5, 5.41) is 11.1. The fourth-order valence-corrected chi connectivity index (χ4v) is 3.27.